The summed E-state index contributed by atoms with van der Waals surface area (Å²) in [5, 5.41) is 2.96. The lowest BCUT2D eigenvalue weighted by atomic mass is 10.2. The van der Waals surface area contributed by atoms with E-state index in [1.165, 1.54) is 0 Å². The van der Waals surface area contributed by atoms with Crippen LogP contribution in [0, 0.1) is 0 Å². The number of aromatic nitrogens is 1. The molecule has 4 heteroatoms. The van der Waals surface area contributed by atoms with Gasteiger partial charge in [0.2, 0.25) is 0 Å². The highest BCUT2D eigenvalue weighted by Gasteiger charge is 2.11. The van der Waals surface area contributed by atoms with Gasteiger partial charge in [-0.3, -0.25) is 9.78 Å². The molecule has 0 aliphatic heterocycles. The predicted molar refractivity (Wildman–Crippen MR) is 95.2 cm³/mol. The van der Waals surface area contributed by atoms with Crippen molar-refractivity contribution in [3.63, 3.8) is 0 Å². The number of rotatable bonds is 8. The molecule has 0 spiro atoms. The second kappa shape index (κ2) is 8.93. The summed E-state index contributed by atoms with van der Waals surface area (Å²) in [5.41, 5.74) is 2.63. The van der Waals surface area contributed by atoms with Gasteiger partial charge in [0.1, 0.15) is 0 Å². The first-order chi connectivity index (χ1) is 11.3. The minimum atomic E-state index is -0.0560. The summed E-state index contributed by atoms with van der Waals surface area (Å²) >= 11 is 0. The number of amides is 1. The summed E-state index contributed by atoms with van der Waals surface area (Å²) in [6.07, 6.45) is 6.72. The Kier molecular flexibility index (Phi) is 6.60. The van der Waals surface area contributed by atoms with Crippen molar-refractivity contribution >= 4 is 17.3 Å². The zero-order valence-electron chi connectivity index (χ0n) is 14.0. The number of nitrogens with zero attached hydrogens (tertiary/aromatic N) is 2. The molecule has 1 heterocycles. The SMILES string of the molecule is CCCCCNC(=O)c1cncc(N(CC)c2ccccc2)c1. The molecule has 0 atom stereocenters. The molecule has 0 unspecified atom stereocenters. The molecule has 4 nitrogen and oxygen atoms in total. The van der Waals surface area contributed by atoms with Crippen LogP contribution < -0.4 is 10.2 Å². The Balaban J connectivity index is 2.10. The first-order valence-electron chi connectivity index (χ1n) is 8.32. The van der Waals surface area contributed by atoms with E-state index in [4.69, 9.17) is 0 Å². The molecule has 0 aliphatic carbocycles. The highest BCUT2D eigenvalue weighted by molar-refractivity contribution is 5.94. The minimum Gasteiger partial charge on any atom is -0.352 e. The van der Waals surface area contributed by atoms with Crippen LogP contribution in [0.1, 0.15) is 43.5 Å². The van der Waals surface area contributed by atoms with Crippen LogP contribution in [0.2, 0.25) is 0 Å². The number of para-hydroxylation sites is 1. The maximum atomic E-state index is 12.2. The zero-order valence-corrected chi connectivity index (χ0v) is 14.0. The average Bonchev–Trinajstić information content (AvgIpc) is 2.60. The van der Waals surface area contributed by atoms with Gasteiger partial charge in [0.15, 0.2) is 0 Å². The van der Waals surface area contributed by atoms with E-state index < -0.39 is 0 Å². The first kappa shape index (κ1) is 17.0. The maximum absolute atomic E-state index is 12.2. The molecule has 2 aromatic rings. The standard InChI is InChI=1S/C19H25N3O/c1-3-5-9-12-21-19(23)16-13-18(15-20-14-16)22(4-2)17-10-7-6-8-11-17/h6-8,10-11,13-15H,3-5,9,12H2,1-2H3,(H,21,23). The number of benzene rings is 1. The maximum Gasteiger partial charge on any atom is 0.252 e. The molecule has 0 saturated carbocycles. The molecule has 2 rings (SSSR count). The van der Waals surface area contributed by atoms with Crippen LogP contribution in [-0.4, -0.2) is 24.0 Å². The van der Waals surface area contributed by atoms with Gasteiger partial charge in [-0.2, -0.15) is 0 Å². The van der Waals surface area contributed by atoms with Crippen molar-refractivity contribution in [1.29, 1.82) is 0 Å². The quantitative estimate of drug-likeness (QED) is 0.745. The van der Waals surface area contributed by atoms with E-state index in [0.29, 0.717) is 12.1 Å². The van der Waals surface area contributed by atoms with Crippen LogP contribution in [0.3, 0.4) is 0 Å². The molecule has 1 N–H and O–H groups in total. The van der Waals surface area contributed by atoms with Crippen LogP contribution >= 0.6 is 0 Å². The largest absolute Gasteiger partial charge is 0.352 e. The fraction of sp³-hybridized carbons (Fsp3) is 0.368. The van der Waals surface area contributed by atoms with Gasteiger partial charge in [-0.05, 0) is 31.5 Å². The summed E-state index contributed by atoms with van der Waals surface area (Å²) in [6, 6.07) is 12.0. The fourth-order valence-corrected chi connectivity index (χ4v) is 2.50. The van der Waals surface area contributed by atoms with Gasteiger partial charge in [0, 0.05) is 25.0 Å². The number of nitrogens with one attached hydrogen (secondary N) is 1. The predicted octanol–water partition coefficient (Wildman–Crippen LogP) is 4.16. The van der Waals surface area contributed by atoms with Gasteiger partial charge in [-0.15, -0.1) is 0 Å². The third-order valence-electron chi connectivity index (χ3n) is 3.75. The van der Waals surface area contributed by atoms with Crippen molar-refractivity contribution in [2.75, 3.05) is 18.0 Å². The van der Waals surface area contributed by atoms with E-state index in [0.717, 1.165) is 37.2 Å². The third-order valence-corrected chi connectivity index (χ3v) is 3.75. The number of carbonyl (C=O) groups excluding carboxylic acids is 1. The molecular weight excluding hydrogens is 286 g/mol. The second-order valence-electron chi connectivity index (χ2n) is 5.47. The lowest BCUT2D eigenvalue weighted by Crippen LogP contribution is -2.25. The Morgan fingerprint density at radius 3 is 2.57 bits per heavy atom. The van der Waals surface area contributed by atoms with Gasteiger partial charge >= 0.3 is 0 Å². The normalized spacial score (nSPS) is 10.3. The lowest BCUT2D eigenvalue weighted by Gasteiger charge is -2.23. The third kappa shape index (κ3) is 4.81. The summed E-state index contributed by atoms with van der Waals surface area (Å²) < 4.78 is 0. The number of unbranched alkanes of at least 4 members (excludes halogenated alkanes) is 2. The van der Waals surface area contributed by atoms with Gasteiger partial charge in [0.05, 0.1) is 17.4 Å². The summed E-state index contributed by atoms with van der Waals surface area (Å²) in [6.45, 7) is 5.77. The molecule has 1 aromatic heterocycles. The molecule has 122 valence electrons. The monoisotopic (exact) mass is 311 g/mol. The Morgan fingerprint density at radius 1 is 1.09 bits per heavy atom. The summed E-state index contributed by atoms with van der Waals surface area (Å²) in [5.74, 6) is -0.0560. The second-order valence-corrected chi connectivity index (χ2v) is 5.47. The van der Waals surface area contributed by atoms with Crippen molar-refractivity contribution in [2.24, 2.45) is 0 Å². The Morgan fingerprint density at radius 2 is 1.87 bits per heavy atom. The van der Waals surface area contributed by atoms with Crippen LogP contribution in [0.5, 0.6) is 0 Å². The van der Waals surface area contributed by atoms with Crippen LogP contribution in [0.25, 0.3) is 0 Å². The van der Waals surface area contributed by atoms with E-state index in [1.54, 1.807) is 12.4 Å². The van der Waals surface area contributed by atoms with Crippen LogP contribution in [0.15, 0.2) is 48.8 Å². The van der Waals surface area contributed by atoms with E-state index in [9.17, 15) is 4.79 Å². The summed E-state index contributed by atoms with van der Waals surface area (Å²) in [4.78, 5) is 18.6. The van der Waals surface area contributed by atoms with Crippen LogP contribution in [0.4, 0.5) is 11.4 Å². The topological polar surface area (TPSA) is 45.2 Å². The molecule has 1 amide bonds. The molecule has 0 bridgehead atoms. The van der Waals surface area contributed by atoms with Gasteiger partial charge in [0.25, 0.3) is 5.91 Å². The molecular formula is C19H25N3O. The van der Waals surface area contributed by atoms with Gasteiger partial charge in [-0.25, -0.2) is 0 Å². The van der Waals surface area contributed by atoms with Crippen molar-refractivity contribution in [2.45, 2.75) is 33.1 Å². The highest BCUT2D eigenvalue weighted by Crippen LogP contribution is 2.24. The molecule has 1 aromatic carbocycles. The van der Waals surface area contributed by atoms with Gasteiger partial charge < -0.3 is 10.2 Å². The highest BCUT2D eigenvalue weighted by atomic mass is 16.1. The Labute approximate surface area is 138 Å². The molecule has 0 aliphatic rings. The Bertz CT molecular complexity index is 613. The van der Waals surface area contributed by atoms with Crippen molar-refractivity contribution in [1.82, 2.24) is 10.3 Å². The molecule has 0 saturated heterocycles. The van der Waals surface area contributed by atoms with E-state index in [1.807, 2.05) is 24.3 Å². The molecule has 0 radical (unpaired) electrons. The summed E-state index contributed by atoms with van der Waals surface area (Å²) in [7, 11) is 0. The lowest BCUT2D eigenvalue weighted by molar-refractivity contribution is 0.0952. The average molecular weight is 311 g/mol. The van der Waals surface area contributed by atoms with Crippen molar-refractivity contribution < 1.29 is 4.79 Å². The molecule has 23 heavy (non-hydrogen) atoms. The van der Waals surface area contributed by atoms with Gasteiger partial charge in [-0.1, -0.05) is 38.0 Å². The number of hydrogen-bond acceptors (Lipinski definition) is 3. The smallest absolute Gasteiger partial charge is 0.252 e. The first-order valence-corrected chi connectivity index (χ1v) is 8.32. The number of pyridine rings is 1. The van der Waals surface area contributed by atoms with E-state index >= 15 is 0 Å². The number of hydrogen-bond donors (Lipinski definition) is 1. The van der Waals surface area contributed by atoms with Crippen LogP contribution in [-0.2, 0) is 0 Å². The number of anilines is 2. The molecule has 0 fully saturated rings. The van der Waals surface area contributed by atoms with Crippen molar-refractivity contribution in [3.05, 3.63) is 54.4 Å². The fourth-order valence-electron chi connectivity index (χ4n) is 2.50. The minimum absolute atomic E-state index is 0.0560. The zero-order chi connectivity index (χ0) is 16.5. The number of carbonyl (C=O) groups is 1. The van der Waals surface area contributed by atoms with E-state index in [-0.39, 0.29) is 5.91 Å². The van der Waals surface area contributed by atoms with E-state index in [2.05, 4.69) is 41.2 Å². The Hall–Kier alpha value is -2.36. The van der Waals surface area contributed by atoms with Crippen molar-refractivity contribution in [3.8, 4) is 0 Å².